The van der Waals surface area contributed by atoms with Gasteiger partial charge in [0.25, 0.3) is 0 Å². The van der Waals surface area contributed by atoms with Crippen molar-refractivity contribution < 1.29 is 9.90 Å². The maximum Gasteiger partial charge on any atom is 0.337 e. The number of aromatic carboxylic acids is 1. The van der Waals surface area contributed by atoms with Gasteiger partial charge in [-0.3, -0.25) is 0 Å². The topological polar surface area (TPSA) is 50.2 Å². The van der Waals surface area contributed by atoms with E-state index in [1.165, 1.54) is 23.1 Å². The Morgan fingerprint density at radius 2 is 2.31 bits per heavy atom. The van der Waals surface area contributed by atoms with Gasteiger partial charge in [0.15, 0.2) is 4.34 Å². The first-order valence-corrected chi connectivity index (χ1v) is 6.34. The molecule has 0 saturated heterocycles. The van der Waals surface area contributed by atoms with Crippen molar-refractivity contribution in [2.45, 2.75) is 9.24 Å². The molecular weight excluding hydrogens is 266 g/mol. The third-order valence-corrected chi connectivity index (χ3v) is 3.99. The van der Waals surface area contributed by atoms with Crippen LogP contribution < -0.4 is 0 Å². The number of carbonyl (C=O) groups is 1. The van der Waals surface area contributed by atoms with Crippen molar-refractivity contribution in [3.05, 3.63) is 40.4 Å². The van der Waals surface area contributed by atoms with Crippen LogP contribution in [0.4, 0.5) is 0 Å². The largest absolute Gasteiger partial charge is 0.478 e. The van der Waals surface area contributed by atoms with E-state index in [-0.39, 0.29) is 10.6 Å². The van der Waals surface area contributed by atoms with E-state index >= 15 is 0 Å². The van der Waals surface area contributed by atoms with Gasteiger partial charge >= 0.3 is 5.97 Å². The fourth-order valence-electron chi connectivity index (χ4n) is 1.09. The van der Waals surface area contributed by atoms with Crippen LogP contribution in [0.25, 0.3) is 0 Å². The number of rotatable bonds is 3. The van der Waals surface area contributed by atoms with E-state index in [1.54, 1.807) is 24.4 Å². The van der Waals surface area contributed by atoms with Gasteiger partial charge in [-0.05, 0) is 18.2 Å². The molecule has 0 aliphatic heterocycles. The molecule has 82 valence electrons. The monoisotopic (exact) mass is 271 g/mol. The summed E-state index contributed by atoms with van der Waals surface area (Å²) in [6, 6.07) is 4.92. The molecule has 0 amide bonds. The molecule has 1 N–H and O–H groups in total. The standard InChI is InChI=1S/C10H6ClNO2S2/c11-8-2-1-6(5-7(8)9(13)14)16-10-12-3-4-15-10/h1-5H,(H,13,14). The van der Waals surface area contributed by atoms with Crippen molar-refractivity contribution in [2.75, 3.05) is 0 Å². The van der Waals surface area contributed by atoms with E-state index in [1.807, 2.05) is 5.38 Å². The first-order valence-electron chi connectivity index (χ1n) is 4.27. The molecule has 0 atom stereocenters. The Morgan fingerprint density at radius 1 is 1.50 bits per heavy atom. The number of nitrogens with zero attached hydrogens (tertiary/aromatic N) is 1. The molecule has 1 aromatic carbocycles. The molecular formula is C10H6ClNO2S2. The highest BCUT2D eigenvalue weighted by Gasteiger charge is 2.10. The first kappa shape index (κ1) is 11.4. The highest BCUT2D eigenvalue weighted by Crippen LogP contribution is 2.31. The maximum atomic E-state index is 10.9. The molecule has 2 rings (SSSR count). The maximum absolute atomic E-state index is 10.9. The van der Waals surface area contributed by atoms with Crippen molar-refractivity contribution in [3.63, 3.8) is 0 Å². The molecule has 0 spiro atoms. The molecule has 0 unspecified atom stereocenters. The van der Waals surface area contributed by atoms with Gasteiger partial charge in [-0.1, -0.05) is 23.4 Å². The van der Waals surface area contributed by atoms with Crippen LogP contribution in [0.1, 0.15) is 10.4 Å². The molecule has 16 heavy (non-hydrogen) atoms. The highest BCUT2D eigenvalue weighted by atomic mass is 35.5. The molecule has 1 aromatic heterocycles. The van der Waals surface area contributed by atoms with Crippen LogP contribution in [0, 0.1) is 0 Å². The van der Waals surface area contributed by atoms with Crippen LogP contribution in [-0.4, -0.2) is 16.1 Å². The van der Waals surface area contributed by atoms with Gasteiger partial charge in [0.05, 0.1) is 10.6 Å². The molecule has 1 heterocycles. The van der Waals surface area contributed by atoms with Crippen LogP contribution in [0.3, 0.4) is 0 Å². The summed E-state index contributed by atoms with van der Waals surface area (Å²) in [5.41, 5.74) is 0.114. The third kappa shape index (κ3) is 2.55. The van der Waals surface area contributed by atoms with Gasteiger partial charge in [-0.25, -0.2) is 9.78 Å². The summed E-state index contributed by atoms with van der Waals surface area (Å²) in [6.07, 6.45) is 1.71. The number of carboxylic acid groups (broad SMARTS) is 1. The summed E-state index contributed by atoms with van der Waals surface area (Å²) in [7, 11) is 0. The Kier molecular flexibility index (Phi) is 3.48. The van der Waals surface area contributed by atoms with Crippen molar-refractivity contribution >= 4 is 40.7 Å². The van der Waals surface area contributed by atoms with Gasteiger partial charge < -0.3 is 5.11 Å². The minimum atomic E-state index is -1.02. The summed E-state index contributed by atoms with van der Waals surface area (Å²) in [4.78, 5) is 15.8. The molecule has 0 aliphatic rings. The number of thiazole rings is 1. The van der Waals surface area contributed by atoms with Gasteiger partial charge in [-0.2, -0.15) is 0 Å². The van der Waals surface area contributed by atoms with Crippen molar-refractivity contribution in [1.82, 2.24) is 4.98 Å². The Bertz CT molecular complexity index is 514. The number of hydrogen-bond acceptors (Lipinski definition) is 4. The molecule has 0 fully saturated rings. The number of benzene rings is 1. The summed E-state index contributed by atoms with van der Waals surface area (Å²) in [5, 5.41) is 11.0. The average Bonchev–Trinajstić information content (AvgIpc) is 2.73. The van der Waals surface area contributed by atoms with Crippen molar-refractivity contribution in [1.29, 1.82) is 0 Å². The Balaban J connectivity index is 2.29. The van der Waals surface area contributed by atoms with Crippen LogP contribution in [0.5, 0.6) is 0 Å². The molecule has 3 nitrogen and oxygen atoms in total. The fraction of sp³-hybridized carbons (Fsp3) is 0. The highest BCUT2D eigenvalue weighted by molar-refractivity contribution is 8.01. The van der Waals surface area contributed by atoms with E-state index in [4.69, 9.17) is 16.7 Å². The zero-order chi connectivity index (χ0) is 11.5. The van der Waals surface area contributed by atoms with Crippen LogP contribution >= 0.6 is 34.7 Å². The van der Waals surface area contributed by atoms with Crippen LogP contribution in [0.15, 0.2) is 39.0 Å². The first-order chi connectivity index (χ1) is 7.66. The number of halogens is 1. The second kappa shape index (κ2) is 4.86. The lowest BCUT2D eigenvalue weighted by molar-refractivity contribution is 0.0697. The quantitative estimate of drug-likeness (QED) is 0.926. The van der Waals surface area contributed by atoms with E-state index in [0.29, 0.717) is 0 Å². The van der Waals surface area contributed by atoms with Crippen molar-refractivity contribution in [3.8, 4) is 0 Å². The van der Waals surface area contributed by atoms with Gasteiger partial charge in [-0.15, -0.1) is 11.3 Å². The molecule has 2 aromatic rings. The average molecular weight is 272 g/mol. The fourth-order valence-corrected chi connectivity index (χ4v) is 2.93. The Hall–Kier alpha value is -1.04. The lowest BCUT2D eigenvalue weighted by Gasteiger charge is -2.02. The van der Waals surface area contributed by atoms with E-state index in [2.05, 4.69) is 4.98 Å². The zero-order valence-corrected chi connectivity index (χ0v) is 10.3. The van der Waals surface area contributed by atoms with Crippen LogP contribution in [0.2, 0.25) is 5.02 Å². The van der Waals surface area contributed by atoms with Gasteiger partial charge in [0, 0.05) is 16.5 Å². The second-order valence-electron chi connectivity index (χ2n) is 2.85. The summed E-state index contributed by atoms with van der Waals surface area (Å²) < 4.78 is 0.874. The summed E-state index contributed by atoms with van der Waals surface area (Å²) in [5.74, 6) is -1.02. The zero-order valence-electron chi connectivity index (χ0n) is 7.88. The van der Waals surface area contributed by atoms with Crippen LogP contribution in [-0.2, 0) is 0 Å². The lowest BCUT2D eigenvalue weighted by Crippen LogP contribution is -1.97. The molecule has 6 heteroatoms. The predicted octanol–water partition coefficient (Wildman–Crippen LogP) is 3.65. The number of aromatic nitrogens is 1. The Morgan fingerprint density at radius 3 is 2.94 bits per heavy atom. The molecule has 0 aliphatic carbocycles. The summed E-state index contributed by atoms with van der Waals surface area (Å²) in [6.45, 7) is 0. The van der Waals surface area contributed by atoms with Gasteiger partial charge in [0.1, 0.15) is 0 Å². The van der Waals surface area contributed by atoms with E-state index in [9.17, 15) is 4.79 Å². The SMILES string of the molecule is O=C(O)c1cc(Sc2nccs2)ccc1Cl. The van der Waals surface area contributed by atoms with E-state index < -0.39 is 5.97 Å². The lowest BCUT2D eigenvalue weighted by atomic mass is 10.2. The number of carboxylic acids is 1. The second-order valence-corrected chi connectivity index (χ2v) is 5.47. The minimum Gasteiger partial charge on any atom is -0.478 e. The Labute approximate surface area is 105 Å². The third-order valence-electron chi connectivity index (χ3n) is 1.78. The van der Waals surface area contributed by atoms with Crippen molar-refractivity contribution in [2.24, 2.45) is 0 Å². The summed E-state index contributed by atoms with van der Waals surface area (Å²) >= 11 is 8.70. The minimum absolute atomic E-state index is 0.114. The van der Waals surface area contributed by atoms with Gasteiger partial charge in [0.2, 0.25) is 0 Å². The van der Waals surface area contributed by atoms with E-state index in [0.717, 1.165) is 9.24 Å². The smallest absolute Gasteiger partial charge is 0.337 e. The molecule has 0 radical (unpaired) electrons. The normalized spacial score (nSPS) is 10.3. The number of hydrogen-bond donors (Lipinski definition) is 1. The molecule has 0 saturated carbocycles. The predicted molar refractivity (Wildman–Crippen MR) is 64.6 cm³/mol. The molecule has 0 bridgehead atoms.